The van der Waals surface area contributed by atoms with Crippen LogP contribution in [0.5, 0.6) is 0 Å². The highest BCUT2D eigenvalue weighted by Gasteiger charge is 2.18. The van der Waals surface area contributed by atoms with Crippen LogP contribution >= 0.6 is 34.7 Å². The van der Waals surface area contributed by atoms with E-state index in [4.69, 9.17) is 16.2 Å². The molecule has 0 amide bonds. The quantitative estimate of drug-likeness (QED) is 0.199. The first-order chi connectivity index (χ1) is 12.3. The molecule has 2 rings (SSSR count). The number of hydrogen-bond donors (Lipinski definition) is 2. The smallest absolute Gasteiger partial charge is 0.186 e. The van der Waals surface area contributed by atoms with Gasteiger partial charge < -0.3 is 0 Å². The van der Waals surface area contributed by atoms with Gasteiger partial charge in [0.15, 0.2) is 26.4 Å². The van der Waals surface area contributed by atoms with Gasteiger partial charge in [-0.2, -0.15) is 0 Å². The molecule has 0 radical (unpaired) electrons. The van der Waals surface area contributed by atoms with Crippen LogP contribution in [0.4, 0.5) is 5.69 Å². The van der Waals surface area contributed by atoms with Gasteiger partial charge in [0, 0.05) is 23.8 Å². The lowest BCUT2D eigenvalue weighted by molar-refractivity contribution is -0.116. The predicted molar refractivity (Wildman–Crippen MR) is 99.4 cm³/mol. The van der Waals surface area contributed by atoms with Crippen molar-refractivity contribution in [1.29, 1.82) is 0 Å². The standard InChI is InChI=1S/C13H15ClN4O5S3/c1-26(21,22)7-9(19)3-2-4-24-13-11(17-23-18-13)12(16-20)15-8-5-10(14)25-6-8/h5-6,20H,2-4,7H2,1H3,(H,15,16). The number of thiophene rings is 1. The van der Waals surface area contributed by atoms with Crippen LogP contribution in [-0.2, 0) is 14.6 Å². The van der Waals surface area contributed by atoms with Gasteiger partial charge in [0.1, 0.15) is 11.5 Å². The first kappa shape index (κ1) is 20.8. The van der Waals surface area contributed by atoms with Crippen LogP contribution in [0.3, 0.4) is 0 Å². The van der Waals surface area contributed by atoms with E-state index in [1.165, 1.54) is 23.1 Å². The van der Waals surface area contributed by atoms with Crippen LogP contribution in [0, 0.1) is 0 Å². The zero-order valence-electron chi connectivity index (χ0n) is 13.5. The van der Waals surface area contributed by atoms with E-state index >= 15 is 0 Å². The minimum absolute atomic E-state index is 0.0383. The van der Waals surface area contributed by atoms with E-state index in [1.54, 1.807) is 11.4 Å². The molecule has 0 bridgehead atoms. The molecule has 0 atom stereocenters. The summed E-state index contributed by atoms with van der Waals surface area (Å²) in [5, 5.41) is 18.9. The van der Waals surface area contributed by atoms with Gasteiger partial charge in [-0.05, 0) is 22.8 Å². The fourth-order valence-electron chi connectivity index (χ4n) is 1.84. The number of nitrogens with one attached hydrogen (secondary N) is 1. The molecule has 0 unspecified atom stereocenters. The summed E-state index contributed by atoms with van der Waals surface area (Å²) in [5.41, 5.74) is 2.69. The normalized spacial score (nSPS) is 12.3. The molecule has 2 N–H and O–H groups in total. The number of halogens is 1. The number of sulfone groups is 1. The molecule has 26 heavy (non-hydrogen) atoms. The van der Waals surface area contributed by atoms with Crippen molar-refractivity contribution in [3.63, 3.8) is 0 Å². The minimum Gasteiger partial charge on any atom is -0.299 e. The number of rotatable bonds is 9. The molecule has 0 aromatic carbocycles. The van der Waals surface area contributed by atoms with Gasteiger partial charge in [-0.15, -0.1) is 23.1 Å². The lowest BCUT2D eigenvalue weighted by Gasteiger charge is -2.02. The summed E-state index contributed by atoms with van der Waals surface area (Å²) < 4.78 is 27.4. The van der Waals surface area contributed by atoms with Gasteiger partial charge in [-0.1, -0.05) is 11.6 Å². The maximum absolute atomic E-state index is 11.5. The second-order valence-corrected chi connectivity index (χ2v) is 9.93. The molecular formula is C13H15ClN4O5S3. The highest BCUT2D eigenvalue weighted by atomic mass is 35.5. The van der Waals surface area contributed by atoms with Crippen molar-refractivity contribution in [2.45, 2.75) is 17.9 Å². The van der Waals surface area contributed by atoms with Crippen molar-refractivity contribution in [1.82, 2.24) is 15.8 Å². The fraction of sp³-hybridized carbons (Fsp3) is 0.385. The Hall–Kier alpha value is -1.47. The molecule has 2 aromatic rings. The van der Waals surface area contributed by atoms with Gasteiger partial charge in [0.2, 0.25) is 0 Å². The van der Waals surface area contributed by atoms with Gasteiger partial charge in [0.05, 0.1) is 10.0 Å². The molecule has 0 aliphatic heterocycles. The van der Waals surface area contributed by atoms with Crippen molar-refractivity contribution in [3.8, 4) is 0 Å². The third-order valence-corrected chi connectivity index (χ3v) is 5.80. The third-order valence-electron chi connectivity index (χ3n) is 2.85. The zero-order valence-corrected chi connectivity index (χ0v) is 16.7. The van der Waals surface area contributed by atoms with E-state index in [0.29, 0.717) is 27.2 Å². The number of ketones is 1. The number of amidine groups is 1. The monoisotopic (exact) mass is 438 g/mol. The van der Waals surface area contributed by atoms with E-state index in [2.05, 4.69) is 15.3 Å². The molecular weight excluding hydrogens is 424 g/mol. The summed E-state index contributed by atoms with van der Waals surface area (Å²) in [6, 6.07) is 1.62. The van der Waals surface area contributed by atoms with Crippen molar-refractivity contribution in [2.75, 3.05) is 17.8 Å². The summed E-state index contributed by atoms with van der Waals surface area (Å²) in [7, 11) is -3.31. The largest absolute Gasteiger partial charge is 0.299 e. The number of aliphatic imine (C=N–C) groups is 1. The Labute approximate surface area is 162 Å². The second-order valence-electron chi connectivity index (χ2n) is 5.16. The molecule has 2 aromatic heterocycles. The topological polar surface area (TPSA) is 135 Å². The number of Topliss-reactive ketones (excluding diaryl/α,β-unsaturated/α-hetero) is 1. The Morgan fingerprint density at radius 1 is 1.50 bits per heavy atom. The number of carbonyl (C=O) groups is 1. The summed E-state index contributed by atoms with van der Waals surface area (Å²) in [6.45, 7) is 0. The highest BCUT2D eigenvalue weighted by Crippen LogP contribution is 2.27. The maximum Gasteiger partial charge on any atom is 0.186 e. The zero-order chi connectivity index (χ0) is 19.2. The Morgan fingerprint density at radius 2 is 2.27 bits per heavy atom. The van der Waals surface area contributed by atoms with Crippen molar-refractivity contribution >= 4 is 61.8 Å². The number of aromatic nitrogens is 2. The molecule has 9 nitrogen and oxygen atoms in total. The average molecular weight is 439 g/mol. The second kappa shape index (κ2) is 9.46. The van der Waals surface area contributed by atoms with Crippen LogP contribution in [0.2, 0.25) is 4.34 Å². The number of hydrogen-bond acceptors (Lipinski definition) is 10. The van der Waals surface area contributed by atoms with E-state index in [0.717, 1.165) is 6.26 Å². The summed E-state index contributed by atoms with van der Waals surface area (Å²) in [5.74, 6) is -0.264. The molecule has 13 heteroatoms. The van der Waals surface area contributed by atoms with Gasteiger partial charge in [-0.3, -0.25) is 15.5 Å². The van der Waals surface area contributed by atoms with Gasteiger partial charge in [-0.25, -0.2) is 18.0 Å². The Kier molecular flexibility index (Phi) is 7.58. The maximum atomic E-state index is 11.5. The minimum atomic E-state index is -3.31. The molecule has 0 spiro atoms. The van der Waals surface area contributed by atoms with Gasteiger partial charge in [0.25, 0.3) is 0 Å². The summed E-state index contributed by atoms with van der Waals surface area (Å²) in [4.78, 5) is 15.7. The molecule has 142 valence electrons. The molecule has 0 aliphatic carbocycles. The van der Waals surface area contributed by atoms with Crippen LogP contribution in [0.25, 0.3) is 0 Å². The fourth-order valence-corrected chi connectivity index (χ4v) is 4.20. The number of thioether (sulfide) groups is 1. The first-order valence-corrected chi connectivity index (χ1v) is 11.5. The SMILES string of the molecule is CS(=O)(=O)CC(=O)CCCSc1nonc1C(=Nc1csc(Cl)c1)NO. The molecule has 0 saturated heterocycles. The lowest BCUT2D eigenvalue weighted by atomic mass is 10.2. The van der Waals surface area contributed by atoms with Crippen LogP contribution in [-0.4, -0.2) is 53.3 Å². The molecule has 2 heterocycles. The lowest BCUT2D eigenvalue weighted by Crippen LogP contribution is -2.21. The number of hydroxylamine groups is 1. The molecule has 0 saturated carbocycles. The van der Waals surface area contributed by atoms with E-state index < -0.39 is 15.6 Å². The summed E-state index contributed by atoms with van der Waals surface area (Å²) in [6.07, 6.45) is 1.63. The van der Waals surface area contributed by atoms with Gasteiger partial charge >= 0.3 is 0 Å². The van der Waals surface area contributed by atoms with Crippen LogP contribution in [0.1, 0.15) is 18.5 Å². The Morgan fingerprint density at radius 3 is 2.88 bits per heavy atom. The van der Waals surface area contributed by atoms with E-state index in [-0.39, 0.29) is 23.7 Å². The van der Waals surface area contributed by atoms with E-state index in [9.17, 15) is 18.4 Å². The average Bonchev–Trinajstić information content (AvgIpc) is 3.16. The number of carbonyl (C=O) groups excluding carboxylic acids is 1. The highest BCUT2D eigenvalue weighted by molar-refractivity contribution is 7.99. The van der Waals surface area contributed by atoms with Crippen molar-refractivity contribution in [3.05, 3.63) is 21.5 Å². The molecule has 0 fully saturated rings. The van der Waals surface area contributed by atoms with Crippen LogP contribution in [0.15, 0.2) is 26.1 Å². The predicted octanol–water partition coefficient (Wildman–Crippen LogP) is 2.33. The summed E-state index contributed by atoms with van der Waals surface area (Å²) >= 11 is 8.38. The molecule has 0 aliphatic rings. The first-order valence-electron chi connectivity index (χ1n) is 7.16. The van der Waals surface area contributed by atoms with Crippen LogP contribution < -0.4 is 5.48 Å². The Bertz CT molecular complexity index is 893. The number of nitrogens with zero attached hydrogens (tertiary/aromatic N) is 3. The van der Waals surface area contributed by atoms with Crippen molar-refractivity contribution in [2.24, 2.45) is 4.99 Å². The third kappa shape index (κ3) is 6.68. The van der Waals surface area contributed by atoms with E-state index in [1.807, 2.05) is 5.48 Å². The Balaban J connectivity index is 1.95. The van der Waals surface area contributed by atoms with Crippen molar-refractivity contribution < 1.29 is 23.0 Å².